The van der Waals surface area contributed by atoms with Crippen LogP contribution in [0.3, 0.4) is 0 Å². The maximum Gasteiger partial charge on any atom is 0.141 e. The van der Waals surface area contributed by atoms with Crippen molar-refractivity contribution < 1.29 is 0 Å². The number of allylic oxidation sites excluding steroid dienone is 3. The van der Waals surface area contributed by atoms with Crippen LogP contribution >= 0.6 is 0 Å². The summed E-state index contributed by atoms with van der Waals surface area (Å²) in [6.07, 6.45) is 5.83. The molecule has 1 atom stereocenters. The Kier molecular flexibility index (Phi) is 6.17. The highest BCUT2D eigenvalue weighted by Crippen LogP contribution is 2.54. The van der Waals surface area contributed by atoms with Gasteiger partial charge in [-0.2, -0.15) is 0 Å². The Balaban J connectivity index is 1.44. The zero-order valence-electron chi connectivity index (χ0n) is 27.1. The lowest BCUT2D eigenvalue weighted by Crippen LogP contribution is -2.48. The molecule has 1 aliphatic carbocycles. The van der Waals surface area contributed by atoms with Crippen LogP contribution in [0.1, 0.15) is 37.5 Å². The molecule has 2 aliphatic rings. The lowest BCUT2D eigenvalue weighted by Gasteiger charge is -2.42. The summed E-state index contributed by atoms with van der Waals surface area (Å²) in [6, 6.07) is 40.2. The lowest BCUT2D eigenvalue weighted by atomic mass is 9.82. The van der Waals surface area contributed by atoms with E-state index in [1.54, 1.807) is 7.05 Å². The van der Waals surface area contributed by atoms with Gasteiger partial charge < -0.3 is 14.4 Å². The van der Waals surface area contributed by atoms with Gasteiger partial charge in [-0.15, -0.1) is 0 Å². The summed E-state index contributed by atoms with van der Waals surface area (Å²) in [4.78, 5) is 9.16. The van der Waals surface area contributed by atoms with Crippen molar-refractivity contribution in [2.24, 2.45) is 4.99 Å². The fraction of sp³-hybridized carbons (Fsp3) is 0.167. The summed E-state index contributed by atoms with van der Waals surface area (Å²) in [7, 11) is 4.01. The largest absolute Gasteiger partial charge is 0.346 e. The number of para-hydroxylation sites is 3. The number of aromatic nitrogens is 1. The van der Waals surface area contributed by atoms with Crippen molar-refractivity contribution in [3.63, 3.8) is 0 Å². The topological polar surface area (TPSA) is 23.8 Å². The van der Waals surface area contributed by atoms with E-state index in [2.05, 4.69) is 163 Å². The predicted octanol–water partition coefficient (Wildman–Crippen LogP) is 10.3. The van der Waals surface area contributed by atoms with Gasteiger partial charge in [0.15, 0.2) is 0 Å². The van der Waals surface area contributed by atoms with Crippen molar-refractivity contribution in [2.45, 2.75) is 31.8 Å². The van der Waals surface area contributed by atoms with Crippen LogP contribution in [-0.4, -0.2) is 24.9 Å². The Morgan fingerprint density at radius 3 is 2.17 bits per heavy atom. The van der Waals surface area contributed by atoms with Crippen molar-refractivity contribution in [1.82, 2.24) is 4.57 Å². The van der Waals surface area contributed by atoms with Crippen LogP contribution in [0.25, 0.3) is 38.6 Å². The third-order valence-corrected chi connectivity index (χ3v) is 10.5. The van der Waals surface area contributed by atoms with Crippen LogP contribution < -0.4 is 9.80 Å². The van der Waals surface area contributed by atoms with Crippen molar-refractivity contribution >= 4 is 50.8 Å². The van der Waals surface area contributed by atoms with Gasteiger partial charge in [-0.05, 0) is 95.4 Å². The molecule has 0 fully saturated rings. The van der Waals surface area contributed by atoms with Gasteiger partial charge in [0, 0.05) is 47.9 Å². The van der Waals surface area contributed by atoms with Gasteiger partial charge in [-0.25, -0.2) is 0 Å². The quantitative estimate of drug-likeness (QED) is 0.146. The molecule has 2 heterocycles. The molecule has 1 aliphatic heterocycles. The van der Waals surface area contributed by atoms with Crippen molar-refractivity contribution in [3.8, 4) is 11.1 Å². The van der Waals surface area contributed by atoms with E-state index in [0.717, 1.165) is 16.9 Å². The van der Waals surface area contributed by atoms with Crippen molar-refractivity contribution in [1.29, 1.82) is 0 Å². The molecule has 0 saturated heterocycles. The molecular formula is C42H38N4. The highest BCUT2D eigenvalue weighted by Gasteiger charge is 2.46. The Morgan fingerprint density at radius 1 is 0.717 bits per heavy atom. The molecule has 0 bridgehead atoms. The normalized spacial score (nSPS) is 18.4. The van der Waals surface area contributed by atoms with E-state index in [0.29, 0.717) is 0 Å². The van der Waals surface area contributed by atoms with E-state index in [1.807, 2.05) is 18.4 Å². The Hall–Kier alpha value is -5.35. The molecule has 5 aromatic carbocycles. The summed E-state index contributed by atoms with van der Waals surface area (Å²) < 4.78 is 2.35. The zero-order valence-corrected chi connectivity index (χ0v) is 27.1. The molecule has 0 amide bonds. The van der Waals surface area contributed by atoms with Crippen LogP contribution in [0.2, 0.25) is 0 Å². The number of benzene rings is 5. The van der Waals surface area contributed by atoms with E-state index in [4.69, 9.17) is 0 Å². The van der Waals surface area contributed by atoms with Gasteiger partial charge in [0.1, 0.15) is 5.66 Å². The van der Waals surface area contributed by atoms with E-state index in [9.17, 15) is 0 Å². The second kappa shape index (κ2) is 10.1. The van der Waals surface area contributed by atoms with Crippen LogP contribution in [0.15, 0.2) is 133 Å². The van der Waals surface area contributed by atoms with Gasteiger partial charge >= 0.3 is 0 Å². The monoisotopic (exact) mass is 598 g/mol. The van der Waals surface area contributed by atoms with Gasteiger partial charge in [0.25, 0.3) is 0 Å². The van der Waals surface area contributed by atoms with E-state index >= 15 is 0 Å². The molecule has 1 unspecified atom stereocenters. The average molecular weight is 599 g/mol. The molecule has 6 aromatic rings. The lowest BCUT2D eigenvalue weighted by molar-refractivity contribution is 0.498. The molecule has 226 valence electrons. The number of anilines is 3. The van der Waals surface area contributed by atoms with Gasteiger partial charge in [0.05, 0.1) is 22.4 Å². The molecule has 0 spiro atoms. The summed E-state index contributed by atoms with van der Waals surface area (Å²) in [5.41, 5.74) is 12.9. The van der Waals surface area contributed by atoms with E-state index in [-0.39, 0.29) is 5.41 Å². The van der Waals surface area contributed by atoms with E-state index < -0.39 is 5.66 Å². The first kappa shape index (κ1) is 28.1. The van der Waals surface area contributed by atoms with Gasteiger partial charge in [-0.1, -0.05) is 81.1 Å². The number of aliphatic imine (C=N–C) groups is 1. The highest BCUT2D eigenvalue weighted by atomic mass is 15.5. The Bertz CT molecular complexity index is 2250. The zero-order chi connectivity index (χ0) is 31.8. The molecule has 0 saturated carbocycles. The molecule has 0 N–H and O–H groups in total. The molecular weight excluding hydrogens is 560 g/mol. The number of hydrogen-bond acceptors (Lipinski definition) is 3. The van der Waals surface area contributed by atoms with E-state index in [1.165, 1.54) is 55.5 Å². The number of rotatable bonds is 5. The van der Waals surface area contributed by atoms with Gasteiger partial charge in [-0.3, -0.25) is 4.99 Å². The first-order chi connectivity index (χ1) is 22.3. The molecule has 8 rings (SSSR count). The smallest absolute Gasteiger partial charge is 0.141 e. The minimum Gasteiger partial charge on any atom is -0.346 e. The molecule has 4 nitrogen and oxygen atoms in total. The fourth-order valence-electron chi connectivity index (χ4n) is 8.02. The molecule has 46 heavy (non-hydrogen) atoms. The summed E-state index contributed by atoms with van der Waals surface area (Å²) in [5, 5.41) is 2.45. The average Bonchev–Trinajstić information content (AvgIpc) is 3.62. The van der Waals surface area contributed by atoms with Gasteiger partial charge in [0.2, 0.25) is 0 Å². The van der Waals surface area contributed by atoms with Crippen molar-refractivity contribution in [2.75, 3.05) is 23.9 Å². The number of hydrogen-bond donors (Lipinski definition) is 0. The predicted molar refractivity (Wildman–Crippen MR) is 197 cm³/mol. The van der Waals surface area contributed by atoms with Crippen molar-refractivity contribution in [3.05, 3.63) is 145 Å². The fourth-order valence-corrected chi connectivity index (χ4v) is 8.02. The highest BCUT2D eigenvalue weighted by molar-refractivity contribution is 6.13. The number of nitrogens with zero attached hydrogens (tertiary/aromatic N) is 4. The van der Waals surface area contributed by atoms with Crippen LogP contribution in [0.5, 0.6) is 0 Å². The second-order valence-corrected chi connectivity index (χ2v) is 13.1. The standard InChI is InChI=1S/C42H38N4/c1-7-29(23-24-43-5)45-37-22-21-28(42(4)44(6)38-19-13-14-20-39(38)46(42)30-15-9-8-10-16-30)25-33(37)34-26-32-31-17-11-12-18-35(31)41(2,3)36(32)27-40(34)45/h7-27H,1H2,2-6H3. The molecule has 4 heteroatoms. The SMILES string of the molecule is C=CC(=CC=NC)n1c2ccc(C3(C)N(C)c4ccccc4N3c3ccccc3)cc2c2cc3c(cc21)C(C)(C)c1ccccc1-3. The second-order valence-electron chi connectivity index (χ2n) is 13.1. The maximum atomic E-state index is 4.27. The molecule has 1 aromatic heterocycles. The summed E-state index contributed by atoms with van der Waals surface area (Å²) >= 11 is 0. The maximum absolute atomic E-state index is 4.27. The minimum atomic E-state index is -0.467. The summed E-state index contributed by atoms with van der Waals surface area (Å²) in [6.45, 7) is 11.2. The first-order valence-electron chi connectivity index (χ1n) is 16.0. The van der Waals surface area contributed by atoms with Crippen LogP contribution in [0.4, 0.5) is 17.1 Å². The minimum absolute atomic E-state index is 0.0997. The van der Waals surface area contributed by atoms with Crippen LogP contribution in [0, 0.1) is 0 Å². The number of fused-ring (bicyclic) bond motifs is 7. The third kappa shape index (κ3) is 3.70. The summed E-state index contributed by atoms with van der Waals surface area (Å²) in [5.74, 6) is 0. The van der Waals surface area contributed by atoms with Crippen LogP contribution in [-0.2, 0) is 11.1 Å². The Morgan fingerprint density at radius 2 is 1.41 bits per heavy atom. The molecule has 0 radical (unpaired) electrons. The first-order valence-corrected chi connectivity index (χ1v) is 16.0. The Labute approximate surface area is 271 Å². The third-order valence-electron chi connectivity index (χ3n) is 10.5.